The predicted molar refractivity (Wildman–Crippen MR) is 76.8 cm³/mol. The molecule has 0 aromatic carbocycles. The molecule has 0 spiro atoms. The third kappa shape index (κ3) is 7.93. The molecule has 4 heteroatoms. The van der Waals surface area contributed by atoms with Crippen molar-refractivity contribution in [1.82, 2.24) is 10.3 Å². The van der Waals surface area contributed by atoms with Crippen molar-refractivity contribution in [2.75, 3.05) is 13.2 Å². The van der Waals surface area contributed by atoms with Gasteiger partial charge in [-0.1, -0.05) is 19.9 Å². The van der Waals surface area contributed by atoms with Gasteiger partial charge in [-0.3, -0.25) is 4.98 Å². The zero-order valence-corrected chi connectivity index (χ0v) is 12.2. The van der Waals surface area contributed by atoms with Gasteiger partial charge < -0.3 is 15.2 Å². The van der Waals surface area contributed by atoms with Crippen molar-refractivity contribution in [3.8, 4) is 0 Å². The van der Waals surface area contributed by atoms with Crippen LogP contribution in [-0.4, -0.2) is 35.5 Å². The van der Waals surface area contributed by atoms with Crippen LogP contribution in [0.2, 0.25) is 0 Å². The number of hydrogen-bond acceptors (Lipinski definition) is 4. The second-order valence-corrected chi connectivity index (χ2v) is 5.38. The quantitative estimate of drug-likeness (QED) is 0.717. The lowest BCUT2D eigenvalue weighted by atomic mass is 10.1. The summed E-state index contributed by atoms with van der Waals surface area (Å²) in [5.41, 5.74) is 0.976. The fourth-order valence-electron chi connectivity index (χ4n) is 1.94. The van der Waals surface area contributed by atoms with E-state index in [2.05, 4.69) is 24.1 Å². The second kappa shape index (κ2) is 9.02. The first kappa shape index (κ1) is 16.1. The molecule has 0 aliphatic heterocycles. The molecule has 2 unspecified atom stereocenters. The number of pyridine rings is 1. The molecule has 0 radical (unpaired) electrons. The number of aliphatic hydroxyl groups is 1. The van der Waals surface area contributed by atoms with E-state index < -0.39 is 6.10 Å². The first-order chi connectivity index (χ1) is 9.08. The zero-order chi connectivity index (χ0) is 14.1. The molecule has 0 amide bonds. The van der Waals surface area contributed by atoms with Crippen molar-refractivity contribution in [2.24, 2.45) is 5.92 Å². The Kier molecular flexibility index (Phi) is 7.63. The van der Waals surface area contributed by atoms with E-state index in [0.717, 1.165) is 12.1 Å². The first-order valence-corrected chi connectivity index (χ1v) is 6.98. The summed E-state index contributed by atoms with van der Waals surface area (Å²) in [6.07, 6.45) is 2.52. The summed E-state index contributed by atoms with van der Waals surface area (Å²) in [5.74, 6) is 0.620. The van der Waals surface area contributed by atoms with Crippen LogP contribution >= 0.6 is 0 Å². The van der Waals surface area contributed by atoms with Crippen LogP contribution in [0.15, 0.2) is 24.4 Å². The average molecular weight is 266 g/mol. The molecular formula is C15H26N2O2. The Morgan fingerprint density at radius 1 is 1.32 bits per heavy atom. The molecule has 0 aliphatic carbocycles. The molecule has 1 aromatic rings. The Hall–Kier alpha value is -0.970. The Labute approximate surface area is 116 Å². The van der Waals surface area contributed by atoms with Crippen LogP contribution in [0.1, 0.15) is 32.9 Å². The number of aromatic nitrogens is 1. The van der Waals surface area contributed by atoms with Crippen molar-refractivity contribution in [1.29, 1.82) is 0 Å². The van der Waals surface area contributed by atoms with Crippen molar-refractivity contribution in [3.63, 3.8) is 0 Å². The summed E-state index contributed by atoms with van der Waals surface area (Å²) in [5, 5.41) is 13.0. The SMILES string of the molecule is CC(C)CC(C)OCC(O)CNCc1ccccn1. The molecule has 0 saturated heterocycles. The van der Waals surface area contributed by atoms with Crippen LogP contribution in [-0.2, 0) is 11.3 Å². The molecular weight excluding hydrogens is 240 g/mol. The fourth-order valence-corrected chi connectivity index (χ4v) is 1.94. The van der Waals surface area contributed by atoms with Crippen LogP contribution in [0.3, 0.4) is 0 Å². The number of nitrogens with zero attached hydrogens (tertiary/aromatic N) is 1. The Bertz CT molecular complexity index is 330. The highest BCUT2D eigenvalue weighted by Gasteiger charge is 2.09. The molecule has 1 heterocycles. The molecule has 0 aliphatic rings. The number of hydrogen-bond donors (Lipinski definition) is 2. The van der Waals surface area contributed by atoms with Gasteiger partial charge in [0.1, 0.15) is 0 Å². The van der Waals surface area contributed by atoms with E-state index >= 15 is 0 Å². The molecule has 2 atom stereocenters. The Morgan fingerprint density at radius 2 is 2.11 bits per heavy atom. The lowest BCUT2D eigenvalue weighted by Gasteiger charge is -2.18. The smallest absolute Gasteiger partial charge is 0.0897 e. The molecule has 0 bridgehead atoms. The third-order valence-electron chi connectivity index (χ3n) is 2.79. The largest absolute Gasteiger partial charge is 0.389 e. The molecule has 0 fully saturated rings. The maximum absolute atomic E-state index is 9.80. The van der Waals surface area contributed by atoms with Gasteiger partial charge in [-0.05, 0) is 31.4 Å². The number of aliphatic hydroxyl groups excluding tert-OH is 1. The predicted octanol–water partition coefficient (Wildman–Crippen LogP) is 1.98. The standard InChI is InChI=1S/C15H26N2O2/c1-12(2)8-13(3)19-11-15(18)10-16-9-14-6-4-5-7-17-14/h4-7,12-13,15-16,18H,8-11H2,1-3H3. The van der Waals surface area contributed by atoms with Gasteiger partial charge in [0.15, 0.2) is 0 Å². The summed E-state index contributed by atoms with van der Waals surface area (Å²) in [6, 6.07) is 5.81. The monoisotopic (exact) mass is 266 g/mol. The minimum atomic E-state index is -0.474. The lowest BCUT2D eigenvalue weighted by molar-refractivity contribution is -0.00859. The van der Waals surface area contributed by atoms with Crippen molar-refractivity contribution in [3.05, 3.63) is 30.1 Å². The van der Waals surface area contributed by atoms with Gasteiger partial charge in [-0.2, -0.15) is 0 Å². The van der Waals surface area contributed by atoms with E-state index in [0.29, 0.717) is 25.6 Å². The van der Waals surface area contributed by atoms with E-state index in [-0.39, 0.29) is 6.10 Å². The summed E-state index contributed by atoms with van der Waals surface area (Å²) in [4.78, 5) is 4.21. The summed E-state index contributed by atoms with van der Waals surface area (Å²) < 4.78 is 5.61. The van der Waals surface area contributed by atoms with Crippen LogP contribution < -0.4 is 5.32 Å². The maximum Gasteiger partial charge on any atom is 0.0897 e. The van der Waals surface area contributed by atoms with Crippen LogP contribution in [0.25, 0.3) is 0 Å². The van der Waals surface area contributed by atoms with Gasteiger partial charge in [0.2, 0.25) is 0 Å². The Balaban J connectivity index is 2.09. The number of ether oxygens (including phenoxy) is 1. The number of nitrogens with one attached hydrogen (secondary N) is 1. The highest BCUT2D eigenvalue weighted by atomic mass is 16.5. The highest BCUT2D eigenvalue weighted by Crippen LogP contribution is 2.07. The van der Waals surface area contributed by atoms with E-state index in [9.17, 15) is 5.11 Å². The van der Waals surface area contributed by atoms with Gasteiger partial charge >= 0.3 is 0 Å². The summed E-state index contributed by atoms with van der Waals surface area (Å²) in [7, 11) is 0. The maximum atomic E-state index is 9.80. The zero-order valence-electron chi connectivity index (χ0n) is 12.2. The van der Waals surface area contributed by atoms with Gasteiger partial charge in [-0.25, -0.2) is 0 Å². The van der Waals surface area contributed by atoms with E-state index in [1.807, 2.05) is 25.1 Å². The topological polar surface area (TPSA) is 54.4 Å². The molecule has 0 saturated carbocycles. The molecule has 19 heavy (non-hydrogen) atoms. The van der Waals surface area contributed by atoms with Crippen LogP contribution in [0, 0.1) is 5.92 Å². The third-order valence-corrected chi connectivity index (χ3v) is 2.79. The Morgan fingerprint density at radius 3 is 2.74 bits per heavy atom. The molecule has 108 valence electrons. The average Bonchev–Trinajstić information content (AvgIpc) is 2.37. The van der Waals surface area contributed by atoms with Crippen molar-refractivity contribution >= 4 is 0 Å². The van der Waals surface area contributed by atoms with Gasteiger partial charge in [0, 0.05) is 19.3 Å². The number of rotatable bonds is 9. The first-order valence-electron chi connectivity index (χ1n) is 6.98. The van der Waals surface area contributed by atoms with E-state index in [1.54, 1.807) is 6.20 Å². The molecule has 2 N–H and O–H groups in total. The molecule has 4 nitrogen and oxygen atoms in total. The summed E-state index contributed by atoms with van der Waals surface area (Å²) >= 11 is 0. The summed E-state index contributed by atoms with van der Waals surface area (Å²) in [6.45, 7) is 7.96. The van der Waals surface area contributed by atoms with Crippen molar-refractivity contribution < 1.29 is 9.84 Å². The normalized spacial score (nSPS) is 14.6. The molecule has 1 rings (SSSR count). The van der Waals surface area contributed by atoms with Crippen LogP contribution in [0.5, 0.6) is 0 Å². The van der Waals surface area contributed by atoms with E-state index in [1.165, 1.54) is 0 Å². The minimum absolute atomic E-state index is 0.199. The second-order valence-electron chi connectivity index (χ2n) is 5.38. The van der Waals surface area contributed by atoms with Crippen molar-refractivity contribution in [2.45, 2.75) is 45.9 Å². The highest BCUT2D eigenvalue weighted by molar-refractivity contribution is 5.02. The fraction of sp³-hybridized carbons (Fsp3) is 0.667. The van der Waals surface area contributed by atoms with E-state index in [4.69, 9.17) is 4.74 Å². The van der Waals surface area contributed by atoms with Crippen LogP contribution in [0.4, 0.5) is 0 Å². The van der Waals surface area contributed by atoms with Gasteiger partial charge in [-0.15, -0.1) is 0 Å². The lowest BCUT2D eigenvalue weighted by Crippen LogP contribution is -2.31. The van der Waals surface area contributed by atoms with Gasteiger partial charge in [0.25, 0.3) is 0 Å². The molecule has 1 aromatic heterocycles. The van der Waals surface area contributed by atoms with Gasteiger partial charge in [0.05, 0.1) is 24.5 Å². The minimum Gasteiger partial charge on any atom is -0.389 e.